The Kier molecular flexibility index (Phi) is 5.96. The molecular weight excluding hydrogens is 277 g/mol. The van der Waals surface area contributed by atoms with Crippen molar-refractivity contribution in [3.8, 4) is 5.75 Å². The monoisotopic (exact) mass is 299 g/mol. The van der Waals surface area contributed by atoms with E-state index in [1.807, 2.05) is 0 Å². The van der Waals surface area contributed by atoms with Crippen molar-refractivity contribution >= 4 is 6.09 Å². The minimum absolute atomic E-state index is 0.185. The molecule has 0 radical (unpaired) electrons. The van der Waals surface area contributed by atoms with Crippen LogP contribution >= 0.6 is 0 Å². The molecule has 1 rings (SSSR count). The van der Waals surface area contributed by atoms with Crippen molar-refractivity contribution in [3.63, 3.8) is 0 Å². The number of aliphatic hydroxyl groups is 1. The number of amides is 1. The number of benzene rings is 1. The number of aliphatic hydroxyl groups excluding tert-OH is 1. The van der Waals surface area contributed by atoms with Crippen molar-refractivity contribution < 1.29 is 23.8 Å². The molecule has 0 aliphatic carbocycles. The van der Waals surface area contributed by atoms with Crippen LogP contribution in [0.4, 0.5) is 9.18 Å². The molecule has 0 saturated carbocycles. The Balaban J connectivity index is 2.45. The molecule has 0 heterocycles. The third-order valence-corrected chi connectivity index (χ3v) is 2.45. The number of carbonyl (C=O) groups excluding carboxylic acids is 1. The molecule has 0 bridgehead atoms. The standard InChI is InChI=1S/C15H22FNO4/c1-10(18)12-9-11(16)5-6-13(12)20-8-7-17-14(19)21-15(2,3)4/h5-6,9-10,18H,7-8H2,1-4H3,(H,17,19). The predicted octanol–water partition coefficient (Wildman–Crippen LogP) is 2.78. The van der Waals surface area contributed by atoms with Gasteiger partial charge in [0.2, 0.25) is 0 Å². The van der Waals surface area contributed by atoms with Gasteiger partial charge < -0.3 is 19.9 Å². The van der Waals surface area contributed by atoms with Gasteiger partial charge in [-0.2, -0.15) is 0 Å². The van der Waals surface area contributed by atoms with Crippen LogP contribution in [0, 0.1) is 5.82 Å². The van der Waals surface area contributed by atoms with Gasteiger partial charge in [0.25, 0.3) is 0 Å². The molecule has 21 heavy (non-hydrogen) atoms. The van der Waals surface area contributed by atoms with Gasteiger partial charge in [0.15, 0.2) is 0 Å². The van der Waals surface area contributed by atoms with Crippen molar-refractivity contribution in [2.24, 2.45) is 0 Å². The SMILES string of the molecule is CC(O)c1cc(F)ccc1OCCNC(=O)OC(C)(C)C. The Labute approximate surface area is 124 Å². The Hall–Kier alpha value is -1.82. The van der Waals surface area contributed by atoms with Crippen molar-refractivity contribution in [1.82, 2.24) is 5.32 Å². The fraction of sp³-hybridized carbons (Fsp3) is 0.533. The largest absolute Gasteiger partial charge is 0.491 e. The van der Waals surface area contributed by atoms with Gasteiger partial charge in [-0.25, -0.2) is 9.18 Å². The highest BCUT2D eigenvalue weighted by Crippen LogP contribution is 2.25. The predicted molar refractivity (Wildman–Crippen MR) is 76.8 cm³/mol. The highest BCUT2D eigenvalue weighted by Gasteiger charge is 2.15. The number of ether oxygens (including phenoxy) is 2. The highest BCUT2D eigenvalue weighted by atomic mass is 19.1. The molecule has 1 atom stereocenters. The second-order valence-electron chi connectivity index (χ2n) is 5.64. The zero-order valence-corrected chi connectivity index (χ0v) is 12.8. The van der Waals surface area contributed by atoms with Gasteiger partial charge in [-0.05, 0) is 45.9 Å². The van der Waals surface area contributed by atoms with E-state index in [-0.39, 0.29) is 13.2 Å². The summed E-state index contributed by atoms with van der Waals surface area (Å²) in [7, 11) is 0. The molecule has 0 saturated heterocycles. The van der Waals surface area contributed by atoms with Crippen molar-refractivity contribution in [1.29, 1.82) is 0 Å². The third kappa shape index (κ3) is 6.44. The average Bonchev–Trinajstić information content (AvgIpc) is 2.33. The van der Waals surface area contributed by atoms with E-state index in [0.29, 0.717) is 11.3 Å². The molecule has 5 nitrogen and oxygen atoms in total. The van der Waals surface area contributed by atoms with Gasteiger partial charge in [-0.15, -0.1) is 0 Å². The van der Waals surface area contributed by atoms with E-state index >= 15 is 0 Å². The number of hydrogen-bond donors (Lipinski definition) is 2. The van der Waals surface area contributed by atoms with Gasteiger partial charge in [0.1, 0.15) is 23.8 Å². The zero-order chi connectivity index (χ0) is 16.0. The molecule has 1 aromatic carbocycles. The Bertz CT molecular complexity index is 483. The van der Waals surface area contributed by atoms with Crippen LogP contribution in [0.1, 0.15) is 39.4 Å². The summed E-state index contributed by atoms with van der Waals surface area (Å²) in [5, 5.41) is 12.1. The summed E-state index contributed by atoms with van der Waals surface area (Å²) in [5.74, 6) is -0.0532. The fourth-order valence-electron chi connectivity index (χ4n) is 1.61. The maximum Gasteiger partial charge on any atom is 0.407 e. The van der Waals surface area contributed by atoms with Crippen LogP contribution in [0.25, 0.3) is 0 Å². The van der Waals surface area contributed by atoms with Crippen LogP contribution < -0.4 is 10.1 Å². The van der Waals surface area contributed by atoms with Crippen LogP contribution in [-0.2, 0) is 4.74 Å². The van der Waals surface area contributed by atoms with Gasteiger partial charge in [0.05, 0.1) is 12.6 Å². The summed E-state index contributed by atoms with van der Waals surface area (Å²) in [5.41, 5.74) is -0.186. The van der Waals surface area contributed by atoms with Crippen molar-refractivity contribution in [3.05, 3.63) is 29.6 Å². The number of halogens is 1. The van der Waals surface area contributed by atoms with Crippen molar-refractivity contribution in [2.75, 3.05) is 13.2 Å². The number of hydrogen-bond acceptors (Lipinski definition) is 4. The fourth-order valence-corrected chi connectivity index (χ4v) is 1.61. The topological polar surface area (TPSA) is 67.8 Å². The summed E-state index contributed by atoms with van der Waals surface area (Å²) < 4.78 is 23.6. The molecule has 6 heteroatoms. The molecule has 0 spiro atoms. The summed E-state index contributed by atoms with van der Waals surface area (Å²) in [4.78, 5) is 11.4. The average molecular weight is 299 g/mol. The van der Waals surface area contributed by atoms with Crippen LogP contribution in [0.5, 0.6) is 5.75 Å². The van der Waals surface area contributed by atoms with Crippen LogP contribution in [0.2, 0.25) is 0 Å². The first-order chi connectivity index (χ1) is 9.69. The molecule has 118 valence electrons. The number of carbonyl (C=O) groups is 1. The first kappa shape index (κ1) is 17.2. The van der Waals surface area contributed by atoms with E-state index in [1.54, 1.807) is 20.8 Å². The molecule has 0 aromatic heterocycles. The van der Waals surface area contributed by atoms with E-state index in [4.69, 9.17) is 9.47 Å². The quantitative estimate of drug-likeness (QED) is 0.820. The Morgan fingerprint density at radius 2 is 2.10 bits per heavy atom. The summed E-state index contributed by atoms with van der Waals surface area (Å²) >= 11 is 0. The number of nitrogens with one attached hydrogen (secondary N) is 1. The van der Waals surface area contributed by atoms with Gasteiger partial charge in [0, 0.05) is 5.56 Å². The molecular formula is C15H22FNO4. The maximum atomic E-state index is 13.1. The summed E-state index contributed by atoms with van der Waals surface area (Å²) in [6.45, 7) is 7.28. The van der Waals surface area contributed by atoms with E-state index in [9.17, 15) is 14.3 Å². The minimum atomic E-state index is -0.838. The highest BCUT2D eigenvalue weighted by molar-refractivity contribution is 5.67. The number of rotatable bonds is 5. The minimum Gasteiger partial charge on any atom is -0.491 e. The maximum absolute atomic E-state index is 13.1. The lowest BCUT2D eigenvalue weighted by atomic mass is 10.1. The molecule has 1 aromatic rings. The Morgan fingerprint density at radius 1 is 1.43 bits per heavy atom. The third-order valence-electron chi connectivity index (χ3n) is 2.45. The second kappa shape index (κ2) is 7.26. The van der Waals surface area contributed by atoms with E-state index in [2.05, 4.69) is 5.32 Å². The van der Waals surface area contributed by atoms with E-state index < -0.39 is 23.6 Å². The molecule has 0 aliphatic heterocycles. The van der Waals surface area contributed by atoms with Crippen LogP contribution in [0.15, 0.2) is 18.2 Å². The molecule has 2 N–H and O–H groups in total. The normalized spacial score (nSPS) is 12.7. The van der Waals surface area contributed by atoms with E-state index in [0.717, 1.165) is 0 Å². The van der Waals surface area contributed by atoms with Crippen LogP contribution in [0.3, 0.4) is 0 Å². The molecule has 0 fully saturated rings. The lowest BCUT2D eigenvalue weighted by Gasteiger charge is -2.20. The lowest BCUT2D eigenvalue weighted by Crippen LogP contribution is -2.34. The summed E-state index contributed by atoms with van der Waals surface area (Å²) in [6, 6.07) is 3.93. The number of alkyl carbamates (subject to hydrolysis) is 1. The van der Waals surface area contributed by atoms with E-state index in [1.165, 1.54) is 25.1 Å². The van der Waals surface area contributed by atoms with Crippen molar-refractivity contribution in [2.45, 2.75) is 39.4 Å². The van der Waals surface area contributed by atoms with Gasteiger partial charge >= 0.3 is 6.09 Å². The smallest absolute Gasteiger partial charge is 0.407 e. The van der Waals surface area contributed by atoms with Gasteiger partial charge in [-0.1, -0.05) is 0 Å². The molecule has 1 unspecified atom stereocenters. The summed E-state index contributed by atoms with van der Waals surface area (Å²) in [6.07, 6.45) is -1.37. The van der Waals surface area contributed by atoms with Crippen LogP contribution in [-0.4, -0.2) is 30.0 Å². The Morgan fingerprint density at radius 3 is 2.67 bits per heavy atom. The lowest BCUT2D eigenvalue weighted by molar-refractivity contribution is 0.0519. The first-order valence-electron chi connectivity index (χ1n) is 6.76. The first-order valence-corrected chi connectivity index (χ1v) is 6.76. The van der Waals surface area contributed by atoms with Gasteiger partial charge in [-0.3, -0.25) is 0 Å². The zero-order valence-electron chi connectivity index (χ0n) is 12.8. The molecule has 0 aliphatic rings. The molecule has 1 amide bonds. The second-order valence-corrected chi connectivity index (χ2v) is 5.64.